The van der Waals surface area contributed by atoms with Gasteiger partial charge in [0.05, 0.1) is 25.8 Å². The molecule has 11 heteroatoms. The number of hydrogen-bond donors (Lipinski definition) is 3. The highest BCUT2D eigenvalue weighted by atomic mass is 16.5. The number of para-hydroxylation sites is 1. The number of nitrogens with one attached hydrogen (secondary N) is 1. The van der Waals surface area contributed by atoms with Gasteiger partial charge in [-0.1, -0.05) is 51.1 Å². The molecule has 11 nitrogen and oxygen atoms in total. The number of nitrogens with zero attached hydrogens (tertiary/aromatic N) is 2. The third-order valence-corrected chi connectivity index (χ3v) is 7.05. The molecule has 0 bridgehead atoms. The number of rotatable bonds is 9. The summed E-state index contributed by atoms with van der Waals surface area (Å²) in [7, 11) is 1.25. The summed E-state index contributed by atoms with van der Waals surface area (Å²) >= 11 is 0. The number of methoxy groups -OCH3 is 1. The monoisotopic (exact) mass is 579 g/mol. The van der Waals surface area contributed by atoms with Crippen LogP contribution in [0.5, 0.6) is 11.6 Å². The molecule has 4 rings (SSSR count). The van der Waals surface area contributed by atoms with Crippen LogP contribution in [0.1, 0.15) is 33.6 Å². The number of phenolic OH excluding ortho intramolecular Hbond substituents is 1. The number of esters is 1. The number of fused-ring (bicyclic) bond motifs is 1. The fourth-order valence-electron chi connectivity index (χ4n) is 4.92. The molecule has 1 aliphatic rings. The van der Waals surface area contributed by atoms with Crippen LogP contribution in [0.15, 0.2) is 54.6 Å². The topological polar surface area (TPSA) is 148 Å². The number of amides is 2. The van der Waals surface area contributed by atoms with E-state index >= 15 is 0 Å². The van der Waals surface area contributed by atoms with Gasteiger partial charge in [0.1, 0.15) is 23.9 Å². The highest BCUT2D eigenvalue weighted by Crippen LogP contribution is 2.36. The number of benzene rings is 2. The summed E-state index contributed by atoms with van der Waals surface area (Å²) in [6.07, 6.45) is -1.01. The number of pyridine rings is 1. The molecule has 3 aromatic rings. The SMILES string of the molecule is COC(=O)[C@@H]1C[C@@H](Oc2nc3ccccc3cc2-c2cccc(O)c2)CN1C(=O)[C@@H](NC(=O)OCCCO)C(C)(C)C. The van der Waals surface area contributed by atoms with Crippen LogP contribution in [0.4, 0.5) is 4.79 Å². The first-order chi connectivity index (χ1) is 20.0. The quantitative estimate of drug-likeness (QED) is 0.255. The molecule has 0 radical (unpaired) electrons. The Morgan fingerprint density at radius 1 is 1.12 bits per heavy atom. The number of hydrogen-bond acceptors (Lipinski definition) is 9. The Labute approximate surface area is 244 Å². The molecule has 3 atom stereocenters. The molecule has 2 amide bonds. The van der Waals surface area contributed by atoms with E-state index in [1.165, 1.54) is 12.0 Å². The van der Waals surface area contributed by atoms with E-state index in [-0.39, 0.29) is 38.3 Å². The number of aromatic nitrogens is 1. The van der Waals surface area contributed by atoms with Gasteiger partial charge in [-0.15, -0.1) is 0 Å². The number of ether oxygens (including phenoxy) is 3. The minimum atomic E-state index is -1.02. The standard InChI is InChI=1S/C31H37N3O8/c1-31(2,3)26(33-30(39)41-14-8-13-35)28(37)34-18-22(17-25(34)29(38)40-4)42-27-23(19-10-7-11-21(36)15-19)16-20-9-5-6-12-24(20)32-27/h5-7,9-12,15-16,22,25-26,35-36H,8,13-14,17-18H2,1-4H3,(H,33,39)/t22-,25+,26-/m1/s1. The zero-order chi connectivity index (χ0) is 30.4. The van der Waals surface area contributed by atoms with Gasteiger partial charge in [0.25, 0.3) is 0 Å². The van der Waals surface area contributed by atoms with Crippen molar-refractivity contribution in [2.45, 2.75) is 51.8 Å². The molecule has 224 valence electrons. The molecule has 1 aromatic heterocycles. The third-order valence-electron chi connectivity index (χ3n) is 7.05. The summed E-state index contributed by atoms with van der Waals surface area (Å²) in [6.45, 7) is 5.28. The number of aliphatic hydroxyl groups is 1. The predicted molar refractivity (Wildman–Crippen MR) is 155 cm³/mol. The number of carbonyl (C=O) groups is 3. The minimum Gasteiger partial charge on any atom is -0.508 e. The maximum absolute atomic E-state index is 13.9. The van der Waals surface area contributed by atoms with Crippen molar-refractivity contribution >= 4 is 28.9 Å². The summed E-state index contributed by atoms with van der Waals surface area (Å²) < 4.78 is 16.5. The highest BCUT2D eigenvalue weighted by molar-refractivity contribution is 5.91. The molecule has 1 saturated heterocycles. The van der Waals surface area contributed by atoms with Crippen LogP contribution in [0, 0.1) is 5.41 Å². The lowest BCUT2D eigenvalue weighted by Crippen LogP contribution is -2.57. The van der Waals surface area contributed by atoms with Crippen molar-refractivity contribution in [1.29, 1.82) is 0 Å². The van der Waals surface area contributed by atoms with Crippen molar-refractivity contribution in [3.63, 3.8) is 0 Å². The Bertz CT molecular complexity index is 1440. The summed E-state index contributed by atoms with van der Waals surface area (Å²) in [4.78, 5) is 45.3. The van der Waals surface area contributed by atoms with Crippen LogP contribution in [0.2, 0.25) is 0 Å². The summed E-state index contributed by atoms with van der Waals surface area (Å²) in [5.41, 5.74) is 1.30. The lowest BCUT2D eigenvalue weighted by Gasteiger charge is -2.34. The maximum atomic E-state index is 13.9. The second-order valence-corrected chi connectivity index (χ2v) is 11.2. The molecular formula is C31H37N3O8. The fourth-order valence-corrected chi connectivity index (χ4v) is 4.92. The average Bonchev–Trinajstić information content (AvgIpc) is 3.38. The van der Waals surface area contributed by atoms with Gasteiger partial charge in [-0.3, -0.25) is 4.79 Å². The Hall–Kier alpha value is -4.38. The van der Waals surface area contributed by atoms with Crippen molar-refractivity contribution < 1.29 is 38.8 Å². The molecular weight excluding hydrogens is 542 g/mol. The molecule has 1 aliphatic heterocycles. The van der Waals surface area contributed by atoms with Crippen molar-refractivity contribution in [1.82, 2.24) is 15.2 Å². The van der Waals surface area contributed by atoms with Crippen molar-refractivity contribution in [2.75, 3.05) is 26.9 Å². The minimum absolute atomic E-state index is 0.00190. The van der Waals surface area contributed by atoms with Crippen LogP contribution in [-0.2, 0) is 19.1 Å². The summed E-state index contributed by atoms with van der Waals surface area (Å²) in [5.74, 6) is -0.708. The van der Waals surface area contributed by atoms with Crippen molar-refractivity contribution in [3.8, 4) is 22.8 Å². The van der Waals surface area contributed by atoms with E-state index in [9.17, 15) is 19.5 Å². The summed E-state index contributed by atoms with van der Waals surface area (Å²) in [6, 6.07) is 14.2. The van der Waals surface area contributed by atoms with Gasteiger partial charge < -0.3 is 34.6 Å². The molecule has 2 aromatic carbocycles. The third kappa shape index (κ3) is 7.09. The van der Waals surface area contributed by atoms with E-state index in [2.05, 4.69) is 5.32 Å². The van der Waals surface area contributed by atoms with Crippen molar-refractivity contribution in [3.05, 3.63) is 54.6 Å². The van der Waals surface area contributed by atoms with E-state index in [0.717, 1.165) is 5.39 Å². The van der Waals surface area contributed by atoms with Crippen molar-refractivity contribution in [2.24, 2.45) is 5.41 Å². The largest absolute Gasteiger partial charge is 0.508 e. The Balaban J connectivity index is 1.63. The van der Waals surface area contributed by atoms with Gasteiger partial charge in [0.15, 0.2) is 0 Å². The Morgan fingerprint density at radius 3 is 2.57 bits per heavy atom. The predicted octanol–water partition coefficient (Wildman–Crippen LogP) is 3.65. The first-order valence-corrected chi connectivity index (χ1v) is 13.8. The first-order valence-electron chi connectivity index (χ1n) is 13.8. The molecule has 0 unspecified atom stereocenters. The molecule has 42 heavy (non-hydrogen) atoms. The summed E-state index contributed by atoms with van der Waals surface area (Å²) in [5, 5.41) is 22.6. The van der Waals surface area contributed by atoms with E-state index in [1.54, 1.807) is 39.0 Å². The second kappa shape index (κ2) is 13.1. The molecule has 0 aliphatic carbocycles. The number of alkyl carbamates (subject to hydrolysis) is 1. The lowest BCUT2D eigenvalue weighted by atomic mass is 9.85. The smallest absolute Gasteiger partial charge is 0.407 e. The lowest BCUT2D eigenvalue weighted by molar-refractivity contribution is -0.152. The zero-order valence-corrected chi connectivity index (χ0v) is 24.2. The number of phenols is 1. The molecule has 0 saturated carbocycles. The first kappa shape index (κ1) is 30.6. The van der Waals surface area contributed by atoms with Gasteiger partial charge in [-0.05, 0) is 35.2 Å². The van der Waals surface area contributed by atoms with Gasteiger partial charge in [-0.25, -0.2) is 14.6 Å². The number of aromatic hydroxyl groups is 1. The Kier molecular flexibility index (Phi) is 9.52. The van der Waals surface area contributed by atoms with Crippen LogP contribution < -0.4 is 10.1 Å². The van der Waals surface area contributed by atoms with E-state index in [0.29, 0.717) is 22.5 Å². The van der Waals surface area contributed by atoms with Crippen LogP contribution in [0.25, 0.3) is 22.0 Å². The second-order valence-electron chi connectivity index (χ2n) is 11.2. The van der Waals surface area contributed by atoms with Crippen LogP contribution in [-0.4, -0.2) is 83.1 Å². The average molecular weight is 580 g/mol. The molecule has 3 N–H and O–H groups in total. The van der Waals surface area contributed by atoms with Gasteiger partial charge in [0, 0.05) is 30.4 Å². The molecule has 0 spiro atoms. The highest BCUT2D eigenvalue weighted by Gasteiger charge is 2.46. The van der Waals surface area contributed by atoms with Gasteiger partial charge in [-0.2, -0.15) is 0 Å². The molecule has 1 fully saturated rings. The maximum Gasteiger partial charge on any atom is 0.407 e. The van der Waals surface area contributed by atoms with E-state index < -0.39 is 41.6 Å². The van der Waals surface area contributed by atoms with Crippen LogP contribution >= 0.6 is 0 Å². The van der Waals surface area contributed by atoms with Gasteiger partial charge in [0.2, 0.25) is 11.8 Å². The number of aliphatic hydroxyl groups excluding tert-OH is 1. The molecule has 2 heterocycles. The zero-order valence-electron chi connectivity index (χ0n) is 24.2. The van der Waals surface area contributed by atoms with E-state index in [4.69, 9.17) is 24.3 Å². The normalized spacial score (nSPS) is 17.5. The number of carbonyl (C=O) groups excluding carboxylic acids is 3. The van der Waals surface area contributed by atoms with Crippen LogP contribution in [0.3, 0.4) is 0 Å². The van der Waals surface area contributed by atoms with Gasteiger partial charge >= 0.3 is 12.1 Å². The fraction of sp³-hybridized carbons (Fsp3) is 0.419. The van der Waals surface area contributed by atoms with E-state index in [1.807, 2.05) is 36.4 Å². The Morgan fingerprint density at radius 2 is 1.88 bits per heavy atom. The number of likely N-dealkylation sites (tertiary alicyclic amines) is 1.